The van der Waals surface area contributed by atoms with Gasteiger partial charge < -0.3 is 19.2 Å². The van der Waals surface area contributed by atoms with Crippen molar-refractivity contribution in [2.75, 3.05) is 49.1 Å². The van der Waals surface area contributed by atoms with Crippen LogP contribution in [0.25, 0.3) is 11.1 Å². The maximum absolute atomic E-state index is 13.2. The van der Waals surface area contributed by atoms with Crippen molar-refractivity contribution in [2.45, 2.75) is 12.8 Å². The molecule has 1 amide bonds. The number of halogens is 1. The largest absolute Gasteiger partial charge is 0.368 e. The number of anilines is 2. The van der Waals surface area contributed by atoms with Crippen LogP contribution in [0.4, 0.5) is 11.5 Å². The van der Waals surface area contributed by atoms with Gasteiger partial charge in [0.25, 0.3) is 11.6 Å². The van der Waals surface area contributed by atoms with E-state index < -0.39 is 0 Å². The van der Waals surface area contributed by atoms with Crippen LogP contribution in [0.5, 0.6) is 0 Å². The molecule has 0 saturated carbocycles. The molecule has 4 heterocycles. The van der Waals surface area contributed by atoms with Crippen LogP contribution in [0.1, 0.15) is 23.3 Å². The fourth-order valence-corrected chi connectivity index (χ4v) is 4.26. The molecule has 9 heteroatoms. The van der Waals surface area contributed by atoms with Gasteiger partial charge in [-0.1, -0.05) is 22.8 Å². The molecule has 0 bridgehead atoms. The summed E-state index contributed by atoms with van der Waals surface area (Å²) < 4.78 is 5.36. The molecule has 29 heavy (non-hydrogen) atoms. The molecule has 150 valence electrons. The van der Waals surface area contributed by atoms with Crippen molar-refractivity contribution in [3.8, 4) is 0 Å². The molecule has 0 aliphatic carbocycles. The first-order valence-electron chi connectivity index (χ1n) is 9.86. The molecule has 2 saturated heterocycles. The minimum absolute atomic E-state index is 0.134. The van der Waals surface area contributed by atoms with E-state index in [9.17, 15) is 4.79 Å². The maximum Gasteiger partial charge on any atom is 0.277 e. The Labute approximate surface area is 173 Å². The van der Waals surface area contributed by atoms with Crippen LogP contribution < -0.4 is 9.80 Å². The average Bonchev–Trinajstić information content (AvgIpc) is 3.43. The molecule has 0 unspecified atom stereocenters. The number of hydrogen-bond donors (Lipinski definition) is 0. The molecule has 0 N–H and O–H groups in total. The van der Waals surface area contributed by atoms with Crippen LogP contribution in [0, 0.1) is 0 Å². The maximum atomic E-state index is 13.2. The number of hydrogen-bond acceptors (Lipinski definition) is 7. The van der Waals surface area contributed by atoms with E-state index >= 15 is 0 Å². The van der Waals surface area contributed by atoms with Crippen LogP contribution in [-0.4, -0.2) is 65.2 Å². The summed E-state index contributed by atoms with van der Waals surface area (Å²) in [6, 6.07) is 7.79. The summed E-state index contributed by atoms with van der Waals surface area (Å²) in [5, 5.41) is 5.40. The van der Waals surface area contributed by atoms with Crippen molar-refractivity contribution in [1.29, 1.82) is 0 Å². The van der Waals surface area contributed by atoms with Crippen molar-refractivity contribution in [3.05, 3.63) is 41.3 Å². The lowest BCUT2D eigenvalue weighted by Gasteiger charge is -2.35. The molecule has 3 aromatic rings. The third-order valence-corrected chi connectivity index (χ3v) is 5.84. The number of aromatic nitrogens is 3. The predicted octanol–water partition coefficient (Wildman–Crippen LogP) is 2.83. The van der Waals surface area contributed by atoms with E-state index in [4.69, 9.17) is 16.1 Å². The van der Waals surface area contributed by atoms with E-state index in [1.165, 1.54) is 6.33 Å². The fourth-order valence-electron chi connectivity index (χ4n) is 4.08. The Kier molecular flexibility index (Phi) is 4.71. The van der Waals surface area contributed by atoms with Crippen molar-refractivity contribution in [3.63, 3.8) is 0 Å². The lowest BCUT2D eigenvalue weighted by Crippen LogP contribution is -2.49. The highest BCUT2D eigenvalue weighted by Crippen LogP contribution is 2.30. The summed E-state index contributed by atoms with van der Waals surface area (Å²) in [4.78, 5) is 28.1. The monoisotopic (exact) mass is 412 g/mol. The Bertz CT molecular complexity index is 1040. The van der Waals surface area contributed by atoms with Gasteiger partial charge in [0.15, 0.2) is 5.69 Å². The summed E-state index contributed by atoms with van der Waals surface area (Å²) in [5.41, 5.74) is 1.74. The van der Waals surface area contributed by atoms with Crippen LogP contribution in [-0.2, 0) is 0 Å². The quantitative estimate of drug-likeness (QED) is 0.654. The summed E-state index contributed by atoms with van der Waals surface area (Å²) in [6.07, 6.45) is 3.70. The summed E-state index contributed by atoms with van der Waals surface area (Å²) in [7, 11) is 0. The predicted molar refractivity (Wildman–Crippen MR) is 111 cm³/mol. The van der Waals surface area contributed by atoms with Gasteiger partial charge in [-0.15, -0.1) is 0 Å². The summed E-state index contributed by atoms with van der Waals surface area (Å²) in [5.74, 6) is 0.611. The number of piperazine rings is 1. The minimum atomic E-state index is -0.134. The van der Waals surface area contributed by atoms with Gasteiger partial charge in [0.05, 0.1) is 0 Å². The normalized spacial score (nSPS) is 17.3. The van der Waals surface area contributed by atoms with Crippen molar-refractivity contribution in [2.24, 2.45) is 0 Å². The van der Waals surface area contributed by atoms with Crippen LogP contribution >= 0.6 is 11.6 Å². The lowest BCUT2D eigenvalue weighted by molar-refractivity contribution is 0.0738. The van der Waals surface area contributed by atoms with E-state index in [2.05, 4.69) is 24.9 Å². The highest BCUT2D eigenvalue weighted by molar-refractivity contribution is 6.30. The lowest BCUT2D eigenvalue weighted by atomic mass is 10.2. The molecular weight excluding hydrogens is 392 g/mol. The first-order valence-corrected chi connectivity index (χ1v) is 10.2. The van der Waals surface area contributed by atoms with E-state index in [1.807, 2.05) is 29.2 Å². The second-order valence-corrected chi connectivity index (χ2v) is 7.80. The molecule has 2 aromatic heterocycles. The second kappa shape index (κ2) is 7.51. The van der Waals surface area contributed by atoms with Crippen LogP contribution in [0.2, 0.25) is 5.02 Å². The van der Waals surface area contributed by atoms with Gasteiger partial charge in [-0.3, -0.25) is 4.79 Å². The standard InChI is InChI=1S/C20H21ClN6O2/c21-14-4-3-5-15(12-14)25-8-10-27(11-9-25)20(28)17-16-18(26-6-1-2-7-26)22-13-23-19(16)29-24-17/h3-5,12-13H,1-2,6-11H2. The number of fused-ring (bicyclic) bond motifs is 1. The van der Waals surface area contributed by atoms with E-state index in [0.717, 1.165) is 50.5 Å². The Balaban J connectivity index is 1.37. The molecule has 5 rings (SSSR count). The van der Waals surface area contributed by atoms with E-state index in [0.29, 0.717) is 34.9 Å². The average molecular weight is 413 g/mol. The smallest absolute Gasteiger partial charge is 0.277 e. The van der Waals surface area contributed by atoms with E-state index in [-0.39, 0.29) is 5.91 Å². The molecular formula is C20H21ClN6O2. The van der Waals surface area contributed by atoms with Gasteiger partial charge in [0, 0.05) is 50.0 Å². The molecule has 2 aliphatic rings. The first kappa shape index (κ1) is 18.2. The van der Waals surface area contributed by atoms with Crippen LogP contribution in [0.15, 0.2) is 35.1 Å². The van der Waals surface area contributed by atoms with Crippen molar-refractivity contribution in [1.82, 2.24) is 20.0 Å². The third kappa shape index (κ3) is 3.37. The second-order valence-electron chi connectivity index (χ2n) is 7.36. The number of nitrogens with zero attached hydrogens (tertiary/aromatic N) is 6. The van der Waals surface area contributed by atoms with Gasteiger partial charge in [-0.2, -0.15) is 4.98 Å². The van der Waals surface area contributed by atoms with Gasteiger partial charge in [0.2, 0.25) is 0 Å². The zero-order valence-corrected chi connectivity index (χ0v) is 16.7. The van der Waals surface area contributed by atoms with Crippen LogP contribution in [0.3, 0.4) is 0 Å². The molecule has 2 aliphatic heterocycles. The molecule has 8 nitrogen and oxygen atoms in total. The molecule has 0 radical (unpaired) electrons. The topological polar surface area (TPSA) is 78.6 Å². The van der Waals surface area contributed by atoms with Crippen molar-refractivity contribution >= 4 is 40.1 Å². The Morgan fingerprint density at radius 3 is 2.55 bits per heavy atom. The number of rotatable bonds is 3. The minimum Gasteiger partial charge on any atom is -0.368 e. The third-order valence-electron chi connectivity index (χ3n) is 5.60. The highest BCUT2D eigenvalue weighted by Gasteiger charge is 2.30. The van der Waals surface area contributed by atoms with E-state index in [1.54, 1.807) is 0 Å². The number of amides is 1. The highest BCUT2D eigenvalue weighted by atomic mass is 35.5. The molecule has 0 spiro atoms. The van der Waals surface area contributed by atoms with Gasteiger partial charge in [0.1, 0.15) is 17.5 Å². The zero-order chi connectivity index (χ0) is 19.8. The number of benzene rings is 1. The Morgan fingerprint density at radius 1 is 1.00 bits per heavy atom. The Hall–Kier alpha value is -2.87. The van der Waals surface area contributed by atoms with Gasteiger partial charge >= 0.3 is 0 Å². The fraction of sp³-hybridized carbons (Fsp3) is 0.400. The Morgan fingerprint density at radius 2 is 1.79 bits per heavy atom. The molecule has 1 aromatic carbocycles. The summed E-state index contributed by atoms with van der Waals surface area (Å²) >= 11 is 6.11. The zero-order valence-electron chi connectivity index (χ0n) is 15.9. The number of carbonyl (C=O) groups is 1. The number of carbonyl (C=O) groups excluding carboxylic acids is 1. The van der Waals surface area contributed by atoms with Crippen molar-refractivity contribution < 1.29 is 9.32 Å². The van der Waals surface area contributed by atoms with Gasteiger partial charge in [-0.05, 0) is 31.0 Å². The SMILES string of the molecule is O=C(c1noc2ncnc(N3CCCC3)c12)N1CCN(c2cccc(Cl)c2)CC1. The summed E-state index contributed by atoms with van der Waals surface area (Å²) in [6.45, 7) is 4.51. The van der Waals surface area contributed by atoms with Gasteiger partial charge in [-0.25, -0.2) is 4.98 Å². The molecule has 0 atom stereocenters. The first-order chi connectivity index (χ1) is 14.2. The molecule has 2 fully saturated rings.